The van der Waals surface area contributed by atoms with Gasteiger partial charge in [-0.1, -0.05) is 19.1 Å². The van der Waals surface area contributed by atoms with Gasteiger partial charge in [0, 0.05) is 27.9 Å². The summed E-state index contributed by atoms with van der Waals surface area (Å²) in [5, 5.41) is 20.3. The van der Waals surface area contributed by atoms with Crippen LogP contribution in [0.4, 0.5) is 0 Å². The van der Waals surface area contributed by atoms with Crippen LogP contribution < -0.4 is 0 Å². The molecule has 6 atom stereocenters. The number of aliphatic hydroxyl groups is 2. The molecule has 0 bridgehead atoms. The number of rotatable bonds is 4. The van der Waals surface area contributed by atoms with Crippen molar-refractivity contribution >= 4 is 5.78 Å². The monoisotopic (exact) mass is 278 g/mol. The van der Waals surface area contributed by atoms with Gasteiger partial charge < -0.3 is 10.2 Å². The lowest BCUT2D eigenvalue weighted by molar-refractivity contribution is -0.118. The zero-order valence-corrected chi connectivity index (χ0v) is 12.0. The van der Waals surface area contributed by atoms with Gasteiger partial charge in [-0.05, 0) is 31.1 Å². The smallest absolute Gasteiger partial charge is 0.133 e. The third-order valence-corrected chi connectivity index (χ3v) is 4.51. The molecule has 0 radical (unpaired) electrons. The van der Waals surface area contributed by atoms with E-state index in [1.54, 1.807) is 26.0 Å². The summed E-state index contributed by atoms with van der Waals surface area (Å²) in [6.07, 6.45) is 1.80. The molecule has 0 saturated heterocycles. The molecule has 0 spiro atoms. The Morgan fingerprint density at radius 3 is 3.00 bits per heavy atom. The van der Waals surface area contributed by atoms with Gasteiger partial charge in [0.05, 0.1) is 12.2 Å². The number of ketones is 1. The molecule has 2 fully saturated rings. The minimum absolute atomic E-state index is 0.124. The Labute approximate surface area is 123 Å². The van der Waals surface area contributed by atoms with E-state index < -0.39 is 24.5 Å². The molecule has 2 aliphatic rings. The number of fused-ring (bicyclic) bond motifs is 1. The molecule has 2 aliphatic carbocycles. The van der Waals surface area contributed by atoms with Gasteiger partial charge in [-0.15, -0.1) is 11.8 Å². The van der Waals surface area contributed by atoms with Gasteiger partial charge in [0.1, 0.15) is 5.78 Å². The first-order valence-corrected chi connectivity index (χ1v) is 7.26. The maximum Gasteiger partial charge on any atom is 0.133 e. The second kappa shape index (κ2) is 6.56. The van der Waals surface area contributed by atoms with Crippen molar-refractivity contribution in [3.8, 4) is 11.8 Å². The maximum atomic E-state index is 11.5. The minimum atomic E-state index is -1.77. The van der Waals surface area contributed by atoms with E-state index in [1.807, 2.05) is 0 Å². The van der Waals surface area contributed by atoms with Gasteiger partial charge in [0.2, 0.25) is 0 Å². The van der Waals surface area contributed by atoms with Crippen molar-refractivity contribution < 1.29 is 17.7 Å². The first-order chi connectivity index (χ1) is 10.3. The summed E-state index contributed by atoms with van der Waals surface area (Å²) in [6.45, 7) is 3.19. The van der Waals surface area contributed by atoms with Gasteiger partial charge in [-0.25, -0.2) is 0 Å². The summed E-state index contributed by atoms with van der Waals surface area (Å²) in [5.74, 6) is 4.90. The molecule has 20 heavy (non-hydrogen) atoms. The number of hydrogen-bond donors (Lipinski definition) is 2. The van der Waals surface area contributed by atoms with E-state index >= 15 is 0 Å². The van der Waals surface area contributed by atoms with Crippen LogP contribution in [0.1, 0.15) is 42.2 Å². The highest BCUT2D eigenvalue weighted by Gasteiger charge is 2.46. The van der Waals surface area contributed by atoms with Gasteiger partial charge in [0.15, 0.2) is 0 Å². The Morgan fingerprint density at radius 2 is 2.30 bits per heavy atom. The average Bonchev–Trinajstić information content (AvgIpc) is 2.90. The van der Waals surface area contributed by atoms with Crippen LogP contribution in [0, 0.1) is 35.5 Å². The third-order valence-electron chi connectivity index (χ3n) is 4.51. The summed E-state index contributed by atoms with van der Waals surface area (Å²) in [6, 6.07) is 0. The lowest BCUT2D eigenvalue weighted by atomic mass is 9.90. The number of carbonyl (C=O) groups excluding carboxylic acids is 1. The predicted molar refractivity (Wildman–Crippen MR) is 77.7 cm³/mol. The van der Waals surface area contributed by atoms with Crippen LogP contribution in [0.5, 0.6) is 0 Å². The molecule has 1 unspecified atom stereocenters. The standard InChI is InChI=1S/C17H24O3/c1-3-4-5-11(2)16(19)7-6-14-15-10-13(18)8-12(15)9-17(14)20/h6-7,11-12,14-17,19-20H,5,8-10H2,1-2H3/b7-6+/t11?,12-,14+,15-,16+,17+/m0/s1/i5D2. The number of Topliss-reactive ketones (excluding diaryl/α,β-unsaturated/α-hetero) is 1. The number of aliphatic hydroxyl groups excluding tert-OH is 2. The summed E-state index contributed by atoms with van der Waals surface area (Å²) in [4.78, 5) is 11.5. The average molecular weight is 278 g/mol. The molecular weight excluding hydrogens is 252 g/mol. The fourth-order valence-electron chi connectivity index (χ4n) is 3.37. The van der Waals surface area contributed by atoms with Gasteiger partial charge in [-0.3, -0.25) is 4.79 Å². The lowest BCUT2D eigenvalue weighted by Gasteiger charge is -2.18. The quantitative estimate of drug-likeness (QED) is 0.610. The molecular formula is C17H24O3. The van der Waals surface area contributed by atoms with Gasteiger partial charge >= 0.3 is 0 Å². The molecule has 0 aromatic rings. The molecule has 0 amide bonds. The van der Waals surface area contributed by atoms with E-state index in [-0.39, 0.29) is 23.5 Å². The molecule has 2 saturated carbocycles. The van der Waals surface area contributed by atoms with Crippen LogP contribution in [0.25, 0.3) is 0 Å². The molecule has 2 rings (SSSR count). The molecule has 0 heterocycles. The van der Waals surface area contributed by atoms with Crippen LogP contribution in [-0.4, -0.2) is 28.2 Å². The van der Waals surface area contributed by atoms with Crippen LogP contribution in [0.3, 0.4) is 0 Å². The molecule has 3 nitrogen and oxygen atoms in total. The number of carbonyl (C=O) groups is 1. The number of hydrogen-bond acceptors (Lipinski definition) is 3. The largest absolute Gasteiger partial charge is 0.392 e. The van der Waals surface area contributed by atoms with E-state index in [2.05, 4.69) is 11.8 Å². The van der Waals surface area contributed by atoms with E-state index in [9.17, 15) is 15.0 Å². The second-order valence-corrected chi connectivity index (χ2v) is 5.93. The van der Waals surface area contributed by atoms with Crippen LogP contribution in [0.2, 0.25) is 0 Å². The topological polar surface area (TPSA) is 57.5 Å². The van der Waals surface area contributed by atoms with Crippen molar-refractivity contribution in [2.75, 3.05) is 0 Å². The molecule has 110 valence electrons. The van der Waals surface area contributed by atoms with E-state index in [0.717, 1.165) is 0 Å². The normalized spacial score (nSPS) is 37.9. The Hall–Kier alpha value is -1.11. The minimum Gasteiger partial charge on any atom is -0.392 e. The van der Waals surface area contributed by atoms with E-state index in [4.69, 9.17) is 2.74 Å². The second-order valence-electron chi connectivity index (χ2n) is 5.93. The highest BCUT2D eigenvalue weighted by Crippen LogP contribution is 2.46. The SMILES string of the molecule is [2H]C([2H])(C#CC)C(C)[C@H](O)/C=C/[C@@H]1[C@H]2CC(=O)C[C@H]2C[C@H]1O. The third kappa shape index (κ3) is 3.31. The maximum absolute atomic E-state index is 11.5. The van der Waals surface area contributed by atoms with Crippen molar-refractivity contribution in [2.45, 2.75) is 51.7 Å². The first-order valence-electron chi connectivity index (χ1n) is 8.26. The Morgan fingerprint density at radius 1 is 1.55 bits per heavy atom. The summed E-state index contributed by atoms with van der Waals surface area (Å²) in [5.41, 5.74) is 0. The molecule has 0 aliphatic heterocycles. The summed E-state index contributed by atoms with van der Waals surface area (Å²) < 4.78 is 15.7. The Kier molecular flexibility index (Phi) is 4.14. The lowest BCUT2D eigenvalue weighted by Crippen LogP contribution is -2.20. The van der Waals surface area contributed by atoms with Crippen molar-refractivity contribution in [3.63, 3.8) is 0 Å². The van der Waals surface area contributed by atoms with E-state index in [0.29, 0.717) is 19.3 Å². The highest BCUT2D eigenvalue weighted by molar-refractivity contribution is 5.81. The summed E-state index contributed by atoms with van der Waals surface area (Å²) >= 11 is 0. The molecule has 0 aromatic carbocycles. The predicted octanol–water partition coefficient (Wildman–Crippen LogP) is 1.93. The molecule has 0 aromatic heterocycles. The van der Waals surface area contributed by atoms with Crippen molar-refractivity contribution in [3.05, 3.63) is 12.2 Å². The van der Waals surface area contributed by atoms with Gasteiger partial charge in [-0.2, -0.15) is 0 Å². The van der Waals surface area contributed by atoms with E-state index in [1.165, 1.54) is 0 Å². The van der Waals surface area contributed by atoms with Crippen molar-refractivity contribution in [1.29, 1.82) is 0 Å². The Balaban J connectivity index is 2.04. The fourth-order valence-corrected chi connectivity index (χ4v) is 3.37. The molecule has 2 N–H and O–H groups in total. The molecule has 3 heteroatoms. The zero-order chi connectivity index (χ0) is 16.5. The van der Waals surface area contributed by atoms with Crippen LogP contribution >= 0.6 is 0 Å². The summed E-state index contributed by atoms with van der Waals surface area (Å²) in [7, 11) is 0. The Bertz CT molecular complexity index is 518. The first kappa shape index (κ1) is 12.6. The zero-order valence-electron chi connectivity index (χ0n) is 14.0. The van der Waals surface area contributed by atoms with Crippen molar-refractivity contribution in [1.82, 2.24) is 0 Å². The van der Waals surface area contributed by atoms with Crippen LogP contribution in [-0.2, 0) is 4.79 Å². The fraction of sp³-hybridized carbons (Fsp3) is 0.706. The highest BCUT2D eigenvalue weighted by atomic mass is 16.3. The van der Waals surface area contributed by atoms with Crippen molar-refractivity contribution in [2.24, 2.45) is 23.7 Å². The van der Waals surface area contributed by atoms with Gasteiger partial charge in [0.25, 0.3) is 0 Å². The van der Waals surface area contributed by atoms with Crippen LogP contribution in [0.15, 0.2) is 12.2 Å².